The van der Waals surface area contributed by atoms with Crippen molar-refractivity contribution in [1.29, 1.82) is 0 Å². The number of fused-ring (bicyclic) bond motifs is 2. The summed E-state index contributed by atoms with van der Waals surface area (Å²) < 4.78 is 9.93. The van der Waals surface area contributed by atoms with Gasteiger partial charge in [0.2, 0.25) is 0 Å². The molecule has 0 radical (unpaired) electrons. The fourth-order valence-corrected chi connectivity index (χ4v) is 13.0. The Morgan fingerprint density at radius 1 is 0.966 bits per heavy atom. The van der Waals surface area contributed by atoms with Crippen molar-refractivity contribution in [3.05, 3.63) is 88.9 Å². The van der Waals surface area contributed by atoms with Gasteiger partial charge in [0.25, 0.3) is 5.91 Å². The number of hydrogen-bond donors (Lipinski definition) is 5. The molecule has 14 heteroatoms. The molecule has 13 nitrogen and oxygen atoms in total. The number of amides is 1. The summed E-state index contributed by atoms with van der Waals surface area (Å²) in [4.78, 5) is 38.0. The molecule has 6 N–H and O–H groups in total. The predicted octanol–water partition coefficient (Wildman–Crippen LogP) is 6.77. The zero-order valence-corrected chi connectivity index (χ0v) is 34.9. The Labute approximate surface area is 348 Å². The number of carboxylic acids is 1. The molecule has 0 saturated heterocycles. The molecule has 10 rings (SSSR count). The van der Waals surface area contributed by atoms with Crippen LogP contribution in [0.4, 0.5) is 10.9 Å². The molecular formula is C45H54N8O5S. The minimum atomic E-state index is -1.10. The van der Waals surface area contributed by atoms with E-state index < -0.39 is 12.2 Å². The maximum Gasteiger partial charge on any atom is 0.355 e. The smallest absolute Gasteiger partial charge is 0.355 e. The molecule has 0 spiro atoms. The molecule has 5 aliphatic rings. The number of carbonyl (C=O) groups is 2. The van der Waals surface area contributed by atoms with Crippen LogP contribution in [0.15, 0.2) is 60.8 Å². The highest BCUT2D eigenvalue weighted by molar-refractivity contribution is 7.22. The number of aliphatic hydroxyl groups excluding tert-OH is 1. The quantitative estimate of drug-likeness (QED) is 0.0590. The number of nitrogens with zero attached hydrogens (tertiary/aromatic N) is 5. The van der Waals surface area contributed by atoms with Crippen LogP contribution in [0.3, 0.4) is 0 Å². The zero-order chi connectivity index (χ0) is 41.2. The number of benzene rings is 2. The van der Waals surface area contributed by atoms with Crippen molar-refractivity contribution in [2.24, 2.45) is 22.0 Å². The number of rotatable bonds is 14. The second-order valence-electron chi connectivity index (χ2n) is 18.5. The first kappa shape index (κ1) is 39.7. The maximum atomic E-state index is 13.6. The van der Waals surface area contributed by atoms with Gasteiger partial charge in [-0.1, -0.05) is 49.4 Å². The molecule has 310 valence electrons. The largest absolute Gasteiger partial charge is 0.476 e. The van der Waals surface area contributed by atoms with Crippen LogP contribution < -0.4 is 21.3 Å². The lowest BCUT2D eigenvalue weighted by Crippen LogP contribution is -2.64. The lowest BCUT2D eigenvalue weighted by atomic mass is 9.39. The molecule has 4 bridgehead atoms. The summed E-state index contributed by atoms with van der Waals surface area (Å²) in [5.74, 6) is -0.773. The van der Waals surface area contributed by atoms with Crippen molar-refractivity contribution >= 4 is 44.4 Å². The minimum Gasteiger partial charge on any atom is -0.476 e. The summed E-state index contributed by atoms with van der Waals surface area (Å²) in [5.41, 5.74) is 11.3. The molecular weight excluding hydrogens is 765 g/mol. The van der Waals surface area contributed by atoms with Crippen molar-refractivity contribution in [3.8, 4) is 11.1 Å². The monoisotopic (exact) mass is 818 g/mol. The minimum absolute atomic E-state index is 0.00974. The van der Waals surface area contributed by atoms with E-state index in [4.69, 9.17) is 20.6 Å². The lowest BCUT2D eigenvalue weighted by Gasteiger charge is -2.69. The van der Waals surface area contributed by atoms with Crippen LogP contribution in [0.2, 0.25) is 0 Å². The highest BCUT2D eigenvalue weighted by Gasteiger charge is 2.66. The summed E-state index contributed by atoms with van der Waals surface area (Å²) in [5, 5.41) is 31.8. The van der Waals surface area contributed by atoms with Crippen LogP contribution in [-0.2, 0) is 24.2 Å². The number of nitrogens with two attached hydrogens (primary N) is 1. The number of carboxylic acid groups (broad SMARTS) is 1. The van der Waals surface area contributed by atoms with Gasteiger partial charge in [-0.2, -0.15) is 5.10 Å². The summed E-state index contributed by atoms with van der Waals surface area (Å²) in [6.07, 6.45) is 8.71. The van der Waals surface area contributed by atoms with Gasteiger partial charge in [0.1, 0.15) is 12.0 Å². The molecule has 1 aliphatic heterocycles. The molecule has 2 aromatic carbocycles. The molecule has 4 saturated carbocycles. The summed E-state index contributed by atoms with van der Waals surface area (Å²) >= 11 is 1.44. The number of hydrogen-bond acceptors (Lipinski definition) is 11. The van der Waals surface area contributed by atoms with E-state index in [9.17, 15) is 19.8 Å². The highest BCUT2D eigenvalue weighted by Crippen LogP contribution is 2.72. The van der Waals surface area contributed by atoms with Crippen molar-refractivity contribution < 1.29 is 24.5 Å². The number of para-hydroxylation sites is 1. The van der Waals surface area contributed by atoms with Crippen molar-refractivity contribution in [2.45, 2.75) is 97.1 Å². The number of aromatic nitrogens is 4. The maximum absolute atomic E-state index is 13.6. The Morgan fingerprint density at radius 2 is 1.76 bits per heavy atom. The van der Waals surface area contributed by atoms with Crippen LogP contribution >= 0.6 is 11.3 Å². The van der Waals surface area contributed by atoms with Gasteiger partial charge in [-0.05, 0) is 123 Å². The van der Waals surface area contributed by atoms with Crippen molar-refractivity contribution in [2.75, 3.05) is 36.5 Å². The summed E-state index contributed by atoms with van der Waals surface area (Å²) in [7, 11) is 0. The van der Waals surface area contributed by atoms with Crippen molar-refractivity contribution in [3.63, 3.8) is 0 Å². The first-order chi connectivity index (χ1) is 28.2. The number of aliphatic hydroxyl groups is 1. The first-order valence-corrected chi connectivity index (χ1v) is 21.6. The molecule has 3 aromatic heterocycles. The number of ether oxygens (including phenoxy) is 1. The molecule has 5 aromatic rings. The third kappa shape index (κ3) is 7.77. The van der Waals surface area contributed by atoms with Gasteiger partial charge in [0, 0.05) is 48.6 Å². The Kier molecular flexibility index (Phi) is 10.1. The Bertz CT molecular complexity index is 2370. The van der Waals surface area contributed by atoms with Gasteiger partial charge in [0.15, 0.2) is 10.8 Å². The average molecular weight is 819 g/mol. The number of carbonyl (C=O) groups excluding carboxylic acids is 1. The van der Waals surface area contributed by atoms with Gasteiger partial charge < -0.3 is 30.9 Å². The van der Waals surface area contributed by atoms with Gasteiger partial charge >= 0.3 is 5.97 Å². The lowest BCUT2D eigenvalue weighted by molar-refractivity contribution is -0.247. The van der Waals surface area contributed by atoms with E-state index in [1.54, 1.807) is 6.20 Å². The molecule has 3 atom stereocenters. The highest BCUT2D eigenvalue weighted by atomic mass is 32.1. The number of anilines is 2. The van der Waals surface area contributed by atoms with Crippen molar-refractivity contribution in [1.82, 2.24) is 25.1 Å². The molecule has 3 unspecified atom stereocenters. The molecule has 1 amide bonds. The SMILES string of the molecule is Cc1c(-c2ccc(N3CCc4cccc(C(=O)Nc5nc6ccccc6s5)c4C3)nc2C(=O)O)cnn1CC12CC3(C)CC(C)(C1)CC(OCCNCCC(N)O)(C3)C2. The standard InChI is InChI=1S/C45H54N8O5S/c1-28-32(19-48-53(28)27-44-22-42(2)21-43(3,23-44)25-45(24-42,26-44)58-18-16-47-15-13-36(46)54)30-11-12-37(50-38(30)40(56)57)52-17-14-29-7-6-8-31(33(29)20-52)39(55)51-41-49-34-9-4-5-10-35(34)59-41/h4-12,19,36,47,54H,13-18,20-27,46H2,1-3H3,(H,56,57)(H,49,51,55). The van der Waals surface area contributed by atoms with Gasteiger partial charge in [-0.25, -0.2) is 14.8 Å². The summed E-state index contributed by atoms with van der Waals surface area (Å²) in [6.45, 7) is 10.7. The van der Waals surface area contributed by atoms with E-state index in [1.807, 2.05) is 55.5 Å². The van der Waals surface area contributed by atoms with Gasteiger partial charge in [-0.15, -0.1) is 0 Å². The van der Waals surface area contributed by atoms with Crippen LogP contribution in [0.5, 0.6) is 0 Å². The molecule has 4 aliphatic carbocycles. The zero-order valence-electron chi connectivity index (χ0n) is 34.1. The van der Waals surface area contributed by atoms with E-state index >= 15 is 0 Å². The average Bonchev–Trinajstić information content (AvgIpc) is 3.75. The number of thiazole rings is 1. The number of pyridine rings is 1. The van der Waals surface area contributed by atoms with Gasteiger partial charge in [0.05, 0.1) is 28.6 Å². The topological polar surface area (TPSA) is 181 Å². The van der Waals surface area contributed by atoms with Crippen LogP contribution in [0.1, 0.15) is 96.5 Å². The first-order valence-electron chi connectivity index (χ1n) is 20.8. The molecule has 4 fully saturated rings. The fraction of sp³-hybridized carbons (Fsp3) is 0.489. The predicted molar refractivity (Wildman–Crippen MR) is 229 cm³/mol. The summed E-state index contributed by atoms with van der Waals surface area (Å²) in [6, 6.07) is 17.3. The Hall–Kier alpha value is -4.73. The second kappa shape index (κ2) is 15.1. The Balaban J connectivity index is 0.929. The normalized spacial score (nSPS) is 26.3. The van der Waals surface area contributed by atoms with E-state index in [1.165, 1.54) is 17.8 Å². The van der Waals surface area contributed by atoms with E-state index in [0.29, 0.717) is 67.7 Å². The third-order valence-electron chi connectivity index (χ3n) is 13.3. The fourth-order valence-electron chi connectivity index (χ4n) is 12.1. The molecule has 4 heterocycles. The van der Waals surface area contributed by atoms with E-state index in [0.717, 1.165) is 71.2 Å². The second-order valence-corrected chi connectivity index (χ2v) is 19.6. The van der Waals surface area contributed by atoms with Crippen LogP contribution in [0.25, 0.3) is 21.3 Å². The molecule has 59 heavy (non-hydrogen) atoms. The Morgan fingerprint density at radius 3 is 2.53 bits per heavy atom. The third-order valence-corrected chi connectivity index (χ3v) is 14.2. The number of nitrogens with one attached hydrogen (secondary N) is 2. The van der Waals surface area contributed by atoms with E-state index in [2.05, 4.69) is 45.1 Å². The van der Waals surface area contributed by atoms with Gasteiger partial charge in [-0.3, -0.25) is 14.8 Å². The number of aromatic carboxylic acids is 1. The van der Waals surface area contributed by atoms with E-state index in [-0.39, 0.29) is 33.4 Å². The van der Waals surface area contributed by atoms with Crippen LogP contribution in [0, 0.1) is 23.2 Å². The van der Waals surface area contributed by atoms with Crippen LogP contribution in [-0.4, -0.2) is 79.9 Å².